The maximum Gasteiger partial charge on any atom is 0.235 e. The molecule has 0 spiro atoms. The van der Waals surface area contributed by atoms with Crippen molar-refractivity contribution in [1.29, 1.82) is 0 Å². The minimum absolute atomic E-state index is 0.0841. The number of nitrogens with one attached hydrogen (secondary N) is 1. The monoisotopic (exact) mass is 505 g/mol. The van der Waals surface area contributed by atoms with Gasteiger partial charge in [-0.15, -0.1) is 0 Å². The van der Waals surface area contributed by atoms with E-state index in [9.17, 15) is 17.6 Å². The summed E-state index contributed by atoms with van der Waals surface area (Å²) in [5, 5.41) is 2.84. The fourth-order valence-corrected chi connectivity index (χ4v) is 5.50. The topological polar surface area (TPSA) is 79.0 Å². The van der Waals surface area contributed by atoms with Gasteiger partial charge in [-0.1, -0.05) is 30.3 Å². The number of carbonyl (C=O) groups excluding carboxylic acids is 1. The van der Waals surface area contributed by atoms with E-state index in [0.717, 1.165) is 6.54 Å². The third-order valence-corrected chi connectivity index (χ3v) is 7.94. The van der Waals surface area contributed by atoms with Crippen molar-refractivity contribution < 1.29 is 22.3 Å². The molecular weight excluding hydrogens is 469 g/mol. The van der Waals surface area contributed by atoms with Gasteiger partial charge >= 0.3 is 0 Å². The van der Waals surface area contributed by atoms with E-state index in [0.29, 0.717) is 30.8 Å². The lowest BCUT2D eigenvalue weighted by Gasteiger charge is -2.39. The summed E-state index contributed by atoms with van der Waals surface area (Å²) in [5.74, 6) is -0.633. The van der Waals surface area contributed by atoms with Crippen LogP contribution in [-0.2, 0) is 21.4 Å². The molecule has 2 aromatic rings. The Balaban J connectivity index is 1.63. The van der Waals surface area contributed by atoms with Crippen LogP contribution in [0.1, 0.15) is 44.2 Å². The molecule has 7 nitrogen and oxygen atoms in total. The average molecular weight is 506 g/mol. The Labute approximate surface area is 208 Å². The Hall–Kier alpha value is -2.49. The third-order valence-electron chi connectivity index (χ3n) is 6.15. The maximum absolute atomic E-state index is 14.0. The average Bonchev–Trinajstić information content (AvgIpc) is 2.79. The zero-order valence-electron chi connectivity index (χ0n) is 21.0. The van der Waals surface area contributed by atoms with Crippen molar-refractivity contribution in [3.05, 3.63) is 65.5 Å². The van der Waals surface area contributed by atoms with Crippen LogP contribution in [0.5, 0.6) is 5.75 Å². The molecule has 0 aliphatic carbocycles. The van der Waals surface area contributed by atoms with E-state index >= 15 is 0 Å². The van der Waals surface area contributed by atoms with Crippen molar-refractivity contribution >= 4 is 15.9 Å². The van der Waals surface area contributed by atoms with Gasteiger partial charge in [0, 0.05) is 37.7 Å². The molecule has 1 aliphatic heterocycles. The number of halogens is 1. The van der Waals surface area contributed by atoms with Crippen LogP contribution in [-0.4, -0.2) is 68.1 Å². The molecular formula is C26H36FN3O4S. The van der Waals surface area contributed by atoms with Crippen LogP contribution in [0.25, 0.3) is 0 Å². The van der Waals surface area contributed by atoms with Crippen molar-refractivity contribution in [3.8, 4) is 5.75 Å². The van der Waals surface area contributed by atoms with Crippen LogP contribution in [0, 0.1) is 5.82 Å². The second-order valence-corrected chi connectivity index (χ2v) is 12.0. The van der Waals surface area contributed by atoms with Gasteiger partial charge in [0.1, 0.15) is 17.2 Å². The standard InChI is InChI=1S/C26H36FN3O4S/c1-5-35(32,33)30(18-21-16-26(2,3)34-24-12-11-22(27)15-23(21)24)19-25(31)28-13-14-29(4)17-20-9-7-6-8-10-20/h6-12,15,21H,5,13-14,16-19H2,1-4H3,(H,28,31). The molecule has 3 rings (SSSR count). The number of sulfonamides is 1. The molecule has 0 bridgehead atoms. The van der Waals surface area contributed by atoms with Gasteiger partial charge in [0.2, 0.25) is 15.9 Å². The van der Waals surface area contributed by atoms with E-state index in [-0.39, 0.29) is 30.7 Å². The Morgan fingerprint density at radius 2 is 1.91 bits per heavy atom. The Bertz CT molecular complexity index is 1110. The highest BCUT2D eigenvalue weighted by atomic mass is 32.2. The highest BCUT2D eigenvalue weighted by Gasteiger charge is 2.37. The second-order valence-electron chi connectivity index (χ2n) is 9.71. The highest BCUT2D eigenvalue weighted by Crippen LogP contribution is 2.41. The molecule has 1 unspecified atom stereocenters. The molecule has 1 atom stereocenters. The van der Waals surface area contributed by atoms with Gasteiger partial charge in [-0.3, -0.25) is 4.79 Å². The molecule has 1 aliphatic rings. The predicted octanol–water partition coefficient (Wildman–Crippen LogP) is 3.37. The molecule has 1 heterocycles. The third kappa shape index (κ3) is 7.75. The molecule has 0 saturated carbocycles. The lowest BCUT2D eigenvalue weighted by Crippen LogP contribution is -2.46. The first-order valence-corrected chi connectivity index (χ1v) is 13.6. The number of amides is 1. The van der Waals surface area contributed by atoms with Crippen molar-refractivity contribution in [2.45, 2.75) is 45.3 Å². The van der Waals surface area contributed by atoms with Crippen LogP contribution in [0.15, 0.2) is 48.5 Å². The lowest BCUT2D eigenvalue weighted by molar-refractivity contribution is -0.121. The van der Waals surface area contributed by atoms with E-state index in [2.05, 4.69) is 10.2 Å². The normalized spacial score (nSPS) is 17.2. The first kappa shape index (κ1) is 27.1. The van der Waals surface area contributed by atoms with Crippen molar-refractivity contribution in [3.63, 3.8) is 0 Å². The van der Waals surface area contributed by atoms with Crippen molar-refractivity contribution in [1.82, 2.24) is 14.5 Å². The first-order chi connectivity index (χ1) is 16.5. The van der Waals surface area contributed by atoms with E-state index in [1.54, 1.807) is 13.0 Å². The summed E-state index contributed by atoms with van der Waals surface area (Å²) in [6, 6.07) is 14.3. The predicted molar refractivity (Wildman–Crippen MR) is 135 cm³/mol. The van der Waals surface area contributed by atoms with Gasteiger partial charge in [0.25, 0.3) is 0 Å². The summed E-state index contributed by atoms with van der Waals surface area (Å²) in [7, 11) is -1.69. The molecule has 2 aromatic carbocycles. The van der Waals surface area contributed by atoms with Gasteiger partial charge in [-0.2, -0.15) is 4.31 Å². The van der Waals surface area contributed by atoms with E-state index < -0.39 is 21.4 Å². The smallest absolute Gasteiger partial charge is 0.235 e. The van der Waals surface area contributed by atoms with Crippen LogP contribution >= 0.6 is 0 Å². The zero-order chi connectivity index (χ0) is 25.6. The molecule has 1 amide bonds. The Kier molecular flexibility index (Phi) is 8.90. The largest absolute Gasteiger partial charge is 0.488 e. The number of likely N-dealkylation sites (N-methyl/N-ethyl adjacent to an activating group) is 1. The van der Waals surface area contributed by atoms with Crippen molar-refractivity contribution in [2.75, 3.05) is 39.0 Å². The SMILES string of the molecule is CCS(=O)(=O)N(CC(=O)NCCN(C)Cc1ccccc1)CC1CC(C)(C)Oc2ccc(F)cc21. The fourth-order valence-electron chi connectivity index (χ4n) is 4.42. The number of nitrogens with zero attached hydrogens (tertiary/aromatic N) is 2. The number of ether oxygens (including phenoxy) is 1. The fraction of sp³-hybridized carbons (Fsp3) is 0.500. The van der Waals surface area contributed by atoms with Gasteiger partial charge in [0.05, 0.1) is 12.3 Å². The van der Waals surface area contributed by atoms with E-state index in [1.165, 1.54) is 22.0 Å². The molecule has 9 heteroatoms. The highest BCUT2D eigenvalue weighted by molar-refractivity contribution is 7.89. The van der Waals surface area contributed by atoms with Gasteiger partial charge in [-0.05, 0) is 58.0 Å². The Morgan fingerprint density at radius 3 is 2.60 bits per heavy atom. The summed E-state index contributed by atoms with van der Waals surface area (Å²) in [4.78, 5) is 14.8. The van der Waals surface area contributed by atoms with Crippen LogP contribution in [0.4, 0.5) is 4.39 Å². The number of carbonyl (C=O) groups is 1. The summed E-state index contributed by atoms with van der Waals surface area (Å²) < 4.78 is 46.9. The number of rotatable bonds is 11. The molecule has 0 saturated heterocycles. The summed E-state index contributed by atoms with van der Waals surface area (Å²) >= 11 is 0. The lowest BCUT2D eigenvalue weighted by atomic mass is 9.84. The van der Waals surface area contributed by atoms with E-state index in [1.807, 2.05) is 51.2 Å². The summed E-state index contributed by atoms with van der Waals surface area (Å²) in [5.41, 5.74) is 1.27. The summed E-state index contributed by atoms with van der Waals surface area (Å²) in [6.07, 6.45) is 0.505. The van der Waals surface area contributed by atoms with Crippen molar-refractivity contribution in [2.24, 2.45) is 0 Å². The van der Waals surface area contributed by atoms with Gasteiger partial charge < -0.3 is 15.0 Å². The molecule has 1 N–H and O–H groups in total. The zero-order valence-corrected chi connectivity index (χ0v) is 21.8. The molecule has 0 fully saturated rings. The number of benzene rings is 2. The molecule has 0 radical (unpaired) electrons. The number of hydrogen-bond acceptors (Lipinski definition) is 5. The number of hydrogen-bond donors (Lipinski definition) is 1. The minimum Gasteiger partial charge on any atom is -0.488 e. The quantitative estimate of drug-likeness (QED) is 0.507. The maximum atomic E-state index is 14.0. The van der Waals surface area contributed by atoms with Crippen LogP contribution < -0.4 is 10.1 Å². The Morgan fingerprint density at radius 1 is 1.20 bits per heavy atom. The minimum atomic E-state index is -3.66. The molecule has 35 heavy (non-hydrogen) atoms. The second kappa shape index (κ2) is 11.5. The van der Waals surface area contributed by atoms with Gasteiger partial charge in [-0.25, -0.2) is 12.8 Å². The van der Waals surface area contributed by atoms with Crippen LogP contribution in [0.3, 0.4) is 0 Å². The van der Waals surface area contributed by atoms with Crippen LogP contribution in [0.2, 0.25) is 0 Å². The van der Waals surface area contributed by atoms with Gasteiger partial charge in [0.15, 0.2) is 0 Å². The van der Waals surface area contributed by atoms with E-state index in [4.69, 9.17) is 4.74 Å². The molecule has 192 valence electrons. The molecule has 0 aromatic heterocycles. The summed E-state index contributed by atoms with van der Waals surface area (Å²) in [6.45, 7) is 6.99. The number of fused-ring (bicyclic) bond motifs is 1. The first-order valence-electron chi connectivity index (χ1n) is 11.9.